The van der Waals surface area contributed by atoms with Gasteiger partial charge in [0.2, 0.25) is 0 Å². The average molecular weight is 285 g/mol. The number of hydrogen-bond acceptors (Lipinski definition) is 5. The molecule has 0 aromatic carbocycles. The van der Waals surface area contributed by atoms with Gasteiger partial charge < -0.3 is 17.1 Å². The summed E-state index contributed by atoms with van der Waals surface area (Å²) in [5.41, 5.74) is 0. The molecule has 90 valence electrons. The molecule has 0 aromatic rings. The first-order valence-corrected chi connectivity index (χ1v) is 13.1. The molecule has 0 spiro atoms. The summed E-state index contributed by atoms with van der Waals surface area (Å²) in [7, 11) is -4.45. The van der Waals surface area contributed by atoms with Gasteiger partial charge in [-0.15, -0.1) is 0 Å². The van der Waals surface area contributed by atoms with Crippen molar-refractivity contribution in [2.75, 3.05) is 6.23 Å². The van der Waals surface area contributed by atoms with Crippen LogP contribution in [0.3, 0.4) is 0 Å². The Hall–Kier alpha value is 0.218. The molecule has 15 heavy (non-hydrogen) atoms. The lowest BCUT2D eigenvalue weighted by Gasteiger charge is -2.29. The predicted octanol–water partition coefficient (Wildman–Crippen LogP) is -1.53. The number of hydrogen-bond donors (Lipinski definition) is 0. The molecule has 0 radical (unpaired) electrons. The van der Waals surface area contributed by atoms with Gasteiger partial charge in [0.1, 0.15) is 29.3 Å². The zero-order chi connectivity index (χ0) is 11.7. The van der Waals surface area contributed by atoms with Gasteiger partial charge in [0.05, 0.1) is 0 Å². The zero-order valence-electron chi connectivity index (χ0n) is 9.87. The van der Waals surface area contributed by atoms with Crippen molar-refractivity contribution < 1.29 is 21.9 Å². The molecule has 0 aliphatic heterocycles. The lowest BCUT2D eigenvalue weighted by molar-refractivity contribution is -0.140. The quantitative estimate of drug-likeness (QED) is 0.400. The summed E-state index contributed by atoms with van der Waals surface area (Å²) in [6.45, 7) is 7.46. The number of rotatable bonds is 8. The summed E-state index contributed by atoms with van der Waals surface area (Å²) in [6.07, 6.45) is 0.185. The molecule has 0 heterocycles. The number of carbonyl (C=O) groups is 1. The molecule has 0 saturated carbocycles. The molecule has 0 aromatic heterocycles. The molecule has 5 nitrogen and oxygen atoms in total. The second-order valence-electron chi connectivity index (χ2n) is 2.76. The lowest BCUT2D eigenvalue weighted by Crippen LogP contribution is -2.52. The monoisotopic (exact) mass is 284 g/mol. The molecule has 0 rings (SSSR count). The summed E-state index contributed by atoms with van der Waals surface area (Å²) >= 11 is 0. The zero-order valence-corrected chi connectivity index (χ0v) is 15.1. The maximum atomic E-state index is 10.8. The van der Waals surface area contributed by atoms with Gasteiger partial charge in [-0.2, -0.15) is 0 Å². The van der Waals surface area contributed by atoms with E-state index in [0.29, 0.717) is 0 Å². The van der Waals surface area contributed by atoms with Crippen molar-refractivity contribution in [2.24, 2.45) is 0 Å². The molecule has 0 atom stereocenters. The Labute approximate surface area is 99.0 Å². The van der Waals surface area contributed by atoms with Crippen molar-refractivity contribution in [3.63, 3.8) is 0 Å². The van der Waals surface area contributed by atoms with Crippen LogP contribution in [0.25, 0.3) is 0 Å². The molecule has 0 N–H and O–H groups in total. The minimum atomic E-state index is -2.62. The van der Waals surface area contributed by atoms with Crippen LogP contribution in [0.15, 0.2) is 0 Å². The highest BCUT2D eigenvalue weighted by molar-refractivity contribution is 6.73. The normalized spacial score (nSPS) is 17.1. The van der Waals surface area contributed by atoms with E-state index in [1.165, 1.54) is 6.92 Å². The Kier molecular flexibility index (Phi) is 8.50. The largest absolute Gasteiger partial charge is 0.508 e. The fourth-order valence-corrected chi connectivity index (χ4v) is 11.0. The molecule has 0 amide bonds. The van der Waals surface area contributed by atoms with E-state index < -0.39 is 38.1 Å². The van der Waals surface area contributed by atoms with E-state index in [1.54, 1.807) is 0 Å². The molecule has 9 heteroatoms. The molecule has 0 aliphatic carbocycles. The van der Waals surface area contributed by atoms with Crippen molar-refractivity contribution >= 4 is 44.1 Å². The first-order valence-electron chi connectivity index (χ1n) is 5.15. The van der Waals surface area contributed by atoms with Gasteiger partial charge >= 0.3 is 14.8 Å². The molecular formula is C6H20O5Si4. The van der Waals surface area contributed by atoms with Gasteiger partial charge in [0, 0.05) is 6.92 Å². The van der Waals surface area contributed by atoms with Gasteiger partial charge in [0.25, 0.3) is 0 Å². The van der Waals surface area contributed by atoms with Crippen molar-refractivity contribution in [1.82, 2.24) is 0 Å². The summed E-state index contributed by atoms with van der Waals surface area (Å²) in [6, 6.07) is 0. The SMILES string of the molecule is C[SiH2]O[Si](COC(C)=O)(O[SiH2]C)O[SiH2]C. The fraction of sp³-hybridized carbons (Fsp3) is 0.833. The first kappa shape index (κ1) is 15.2. The van der Waals surface area contributed by atoms with E-state index in [2.05, 4.69) is 0 Å². The van der Waals surface area contributed by atoms with Crippen LogP contribution >= 0.6 is 0 Å². The lowest BCUT2D eigenvalue weighted by atomic mass is 10.8. The summed E-state index contributed by atoms with van der Waals surface area (Å²) < 4.78 is 22.0. The van der Waals surface area contributed by atoms with Crippen LogP contribution < -0.4 is 0 Å². The Morgan fingerprint density at radius 2 is 1.47 bits per heavy atom. The Morgan fingerprint density at radius 1 is 1.07 bits per heavy atom. The number of carbonyl (C=O) groups excluding carboxylic acids is 1. The van der Waals surface area contributed by atoms with Crippen molar-refractivity contribution in [3.8, 4) is 0 Å². The van der Waals surface area contributed by atoms with Crippen LogP contribution in [0.5, 0.6) is 0 Å². The van der Waals surface area contributed by atoms with E-state index in [4.69, 9.17) is 17.1 Å². The topological polar surface area (TPSA) is 54.0 Å². The van der Waals surface area contributed by atoms with Crippen LogP contribution in [-0.4, -0.2) is 50.3 Å². The van der Waals surface area contributed by atoms with Crippen LogP contribution in [-0.2, 0) is 21.9 Å². The van der Waals surface area contributed by atoms with E-state index in [1.807, 2.05) is 19.6 Å². The molecule has 0 saturated heterocycles. The molecule has 0 bridgehead atoms. The van der Waals surface area contributed by atoms with Crippen molar-refractivity contribution in [2.45, 2.75) is 26.6 Å². The maximum Gasteiger partial charge on any atom is 0.508 e. The Bertz CT molecular complexity index is 173. The minimum absolute atomic E-state index is 0.185. The second kappa shape index (κ2) is 8.38. The van der Waals surface area contributed by atoms with E-state index in [9.17, 15) is 4.79 Å². The summed E-state index contributed by atoms with van der Waals surface area (Å²) in [5, 5.41) is 0. The average Bonchev–Trinajstić information content (AvgIpc) is 2.16. The minimum Gasteiger partial charge on any atom is -0.461 e. The highest BCUT2D eigenvalue weighted by atomic mass is 28.5. The van der Waals surface area contributed by atoms with E-state index in [-0.39, 0.29) is 12.2 Å². The highest BCUT2D eigenvalue weighted by Crippen LogP contribution is 2.09. The fourth-order valence-electron chi connectivity index (χ4n) is 1.10. The first-order chi connectivity index (χ1) is 7.10. The third-order valence-corrected chi connectivity index (χ3v) is 10.8. The highest BCUT2D eigenvalue weighted by Gasteiger charge is 2.40. The Balaban J connectivity index is 4.37. The third-order valence-electron chi connectivity index (χ3n) is 1.54. The van der Waals surface area contributed by atoms with E-state index >= 15 is 0 Å². The van der Waals surface area contributed by atoms with Crippen LogP contribution in [0.1, 0.15) is 6.92 Å². The molecule has 0 fully saturated rings. The van der Waals surface area contributed by atoms with Gasteiger partial charge in [-0.1, -0.05) is 19.6 Å². The molecule has 0 unspecified atom stereocenters. The van der Waals surface area contributed by atoms with Gasteiger partial charge in [0.15, 0.2) is 6.23 Å². The van der Waals surface area contributed by atoms with Gasteiger partial charge in [-0.25, -0.2) is 0 Å². The standard InChI is InChI=1S/C6H20O5Si4/c1-6(7)8-5-15(9-12-2,10-13-3)11-14-4/h5,12-14H2,1-4H3. The number of ether oxygens (including phenoxy) is 1. The molecular weight excluding hydrogens is 264 g/mol. The van der Waals surface area contributed by atoms with Crippen LogP contribution in [0.4, 0.5) is 0 Å². The smallest absolute Gasteiger partial charge is 0.461 e. The van der Waals surface area contributed by atoms with Gasteiger partial charge in [-0.3, -0.25) is 4.79 Å². The van der Waals surface area contributed by atoms with Gasteiger partial charge in [-0.05, 0) is 0 Å². The van der Waals surface area contributed by atoms with Crippen molar-refractivity contribution in [3.05, 3.63) is 0 Å². The maximum absolute atomic E-state index is 10.8. The molecule has 0 aliphatic rings. The van der Waals surface area contributed by atoms with Crippen LogP contribution in [0, 0.1) is 0 Å². The van der Waals surface area contributed by atoms with Crippen molar-refractivity contribution in [1.29, 1.82) is 0 Å². The third kappa shape index (κ3) is 6.39. The van der Waals surface area contributed by atoms with E-state index in [0.717, 1.165) is 0 Å². The predicted molar refractivity (Wildman–Crippen MR) is 68.9 cm³/mol. The van der Waals surface area contributed by atoms with Crippen LogP contribution in [0.2, 0.25) is 19.6 Å². The summed E-state index contributed by atoms with van der Waals surface area (Å²) in [5.74, 6) is -0.309. The summed E-state index contributed by atoms with van der Waals surface area (Å²) in [4.78, 5) is 10.8. The number of esters is 1. The second-order valence-corrected chi connectivity index (χ2v) is 9.61. The Morgan fingerprint density at radius 3 is 1.73 bits per heavy atom.